The molecule has 4 nitrogen and oxygen atoms in total. The molecule has 25 heavy (non-hydrogen) atoms. The molecule has 0 saturated heterocycles. The number of hydrogen-bond donors (Lipinski definition) is 2. The van der Waals surface area contributed by atoms with Crippen LogP contribution in [0.15, 0.2) is 54.7 Å². The number of benzene rings is 2. The van der Waals surface area contributed by atoms with Crippen LogP contribution in [0.4, 0.5) is 21.8 Å². The molecule has 1 heterocycles. The van der Waals surface area contributed by atoms with E-state index in [1.54, 1.807) is 42.6 Å². The van der Waals surface area contributed by atoms with Crippen molar-refractivity contribution in [2.75, 3.05) is 17.2 Å². The maximum Gasteiger partial charge on any atom is 0.229 e. The third kappa shape index (κ3) is 4.81. The summed E-state index contributed by atoms with van der Waals surface area (Å²) in [7, 11) is 0. The van der Waals surface area contributed by atoms with Crippen LogP contribution >= 0.6 is 23.2 Å². The summed E-state index contributed by atoms with van der Waals surface area (Å²) in [6.07, 6.45) is 2.20. The van der Waals surface area contributed by atoms with Gasteiger partial charge in [0.25, 0.3) is 0 Å². The van der Waals surface area contributed by atoms with Crippen LogP contribution in [0.2, 0.25) is 10.0 Å². The van der Waals surface area contributed by atoms with E-state index in [9.17, 15) is 4.39 Å². The van der Waals surface area contributed by atoms with Gasteiger partial charge in [-0.15, -0.1) is 0 Å². The summed E-state index contributed by atoms with van der Waals surface area (Å²) in [5, 5.41) is 7.16. The Balaban J connectivity index is 1.61. The molecule has 1 aromatic heterocycles. The second-order valence-corrected chi connectivity index (χ2v) is 6.10. The highest BCUT2D eigenvalue weighted by Crippen LogP contribution is 2.26. The minimum atomic E-state index is -0.200. The first-order chi connectivity index (χ1) is 12.1. The average Bonchev–Trinajstić information content (AvgIpc) is 2.60. The molecule has 0 saturated carbocycles. The Morgan fingerprint density at radius 1 is 1.00 bits per heavy atom. The summed E-state index contributed by atoms with van der Waals surface area (Å²) in [5.41, 5.74) is 1.40. The van der Waals surface area contributed by atoms with Gasteiger partial charge in [-0.2, -0.15) is 4.98 Å². The lowest BCUT2D eigenvalue weighted by Gasteiger charge is -2.09. The zero-order valence-electron chi connectivity index (χ0n) is 13.1. The minimum Gasteiger partial charge on any atom is -0.370 e. The molecule has 0 fully saturated rings. The van der Waals surface area contributed by atoms with E-state index in [0.29, 0.717) is 40.3 Å². The van der Waals surface area contributed by atoms with Crippen LogP contribution in [-0.4, -0.2) is 16.5 Å². The van der Waals surface area contributed by atoms with E-state index in [4.69, 9.17) is 23.2 Å². The van der Waals surface area contributed by atoms with Crippen molar-refractivity contribution >= 4 is 40.7 Å². The minimum absolute atomic E-state index is 0.200. The SMILES string of the molecule is Fc1ccccc1CCNc1ccnc(Nc2ccc(Cl)c(Cl)c2)n1. The number of rotatable bonds is 6. The summed E-state index contributed by atoms with van der Waals surface area (Å²) in [5.74, 6) is 0.872. The van der Waals surface area contributed by atoms with Crippen molar-refractivity contribution in [3.8, 4) is 0 Å². The summed E-state index contributed by atoms with van der Waals surface area (Å²) >= 11 is 11.9. The second kappa shape index (κ2) is 8.14. The van der Waals surface area contributed by atoms with Gasteiger partial charge >= 0.3 is 0 Å². The number of hydrogen-bond acceptors (Lipinski definition) is 4. The Morgan fingerprint density at radius 3 is 2.64 bits per heavy atom. The molecule has 0 atom stereocenters. The lowest BCUT2D eigenvalue weighted by Crippen LogP contribution is -2.08. The van der Waals surface area contributed by atoms with E-state index in [-0.39, 0.29) is 5.82 Å². The number of aromatic nitrogens is 2. The molecule has 3 rings (SSSR count). The zero-order chi connectivity index (χ0) is 17.6. The molecular weight excluding hydrogens is 362 g/mol. The molecule has 3 aromatic rings. The van der Waals surface area contributed by atoms with Gasteiger partial charge in [-0.05, 0) is 42.3 Å². The Bertz CT molecular complexity index is 873. The van der Waals surface area contributed by atoms with Crippen molar-refractivity contribution in [3.63, 3.8) is 0 Å². The maximum atomic E-state index is 13.6. The predicted molar refractivity (Wildman–Crippen MR) is 100 cm³/mol. The lowest BCUT2D eigenvalue weighted by atomic mass is 10.1. The van der Waals surface area contributed by atoms with E-state index in [1.807, 2.05) is 6.07 Å². The largest absolute Gasteiger partial charge is 0.370 e. The summed E-state index contributed by atoms with van der Waals surface area (Å²) in [6.45, 7) is 0.560. The van der Waals surface area contributed by atoms with Gasteiger partial charge in [0.05, 0.1) is 10.0 Å². The third-order valence-corrected chi connectivity index (χ3v) is 4.23. The van der Waals surface area contributed by atoms with Gasteiger partial charge in [0, 0.05) is 18.4 Å². The monoisotopic (exact) mass is 376 g/mol. The van der Waals surface area contributed by atoms with Crippen LogP contribution in [-0.2, 0) is 6.42 Å². The van der Waals surface area contributed by atoms with Crippen LogP contribution in [0.5, 0.6) is 0 Å². The fourth-order valence-electron chi connectivity index (χ4n) is 2.25. The van der Waals surface area contributed by atoms with E-state index < -0.39 is 0 Å². The van der Waals surface area contributed by atoms with Crippen LogP contribution in [0.1, 0.15) is 5.56 Å². The molecule has 2 aromatic carbocycles. The van der Waals surface area contributed by atoms with Gasteiger partial charge in [0.15, 0.2) is 0 Å². The topological polar surface area (TPSA) is 49.8 Å². The van der Waals surface area contributed by atoms with Crippen LogP contribution in [0, 0.1) is 5.82 Å². The molecule has 2 N–H and O–H groups in total. The third-order valence-electron chi connectivity index (χ3n) is 3.49. The Morgan fingerprint density at radius 2 is 1.84 bits per heavy atom. The first-order valence-corrected chi connectivity index (χ1v) is 8.40. The smallest absolute Gasteiger partial charge is 0.229 e. The van der Waals surface area contributed by atoms with Gasteiger partial charge < -0.3 is 10.6 Å². The van der Waals surface area contributed by atoms with Gasteiger partial charge in [0.1, 0.15) is 11.6 Å². The molecule has 0 radical (unpaired) electrons. The fraction of sp³-hybridized carbons (Fsp3) is 0.111. The summed E-state index contributed by atoms with van der Waals surface area (Å²) in [6, 6.07) is 13.7. The Kier molecular flexibility index (Phi) is 5.68. The molecule has 128 valence electrons. The van der Waals surface area contributed by atoms with E-state index >= 15 is 0 Å². The summed E-state index contributed by atoms with van der Waals surface area (Å²) in [4.78, 5) is 8.54. The number of nitrogens with zero attached hydrogens (tertiary/aromatic N) is 2. The van der Waals surface area contributed by atoms with Crippen molar-refractivity contribution in [1.29, 1.82) is 0 Å². The van der Waals surface area contributed by atoms with E-state index in [1.165, 1.54) is 6.07 Å². The molecule has 0 aliphatic carbocycles. The van der Waals surface area contributed by atoms with E-state index in [2.05, 4.69) is 20.6 Å². The molecule has 0 amide bonds. The quantitative estimate of drug-likeness (QED) is 0.610. The Labute approximate surface area is 155 Å². The van der Waals surface area contributed by atoms with Gasteiger partial charge in [-0.3, -0.25) is 0 Å². The highest BCUT2D eigenvalue weighted by Gasteiger charge is 2.04. The fourth-order valence-corrected chi connectivity index (χ4v) is 2.54. The predicted octanol–water partition coefficient (Wildman–Crippen LogP) is 5.32. The highest BCUT2D eigenvalue weighted by molar-refractivity contribution is 6.42. The molecule has 0 unspecified atom stereocenters. The van der Waals surface area contributed by atoms with Crippen LogP contribution in [0.3, 0.4) is 0 Å². The van der Waals surface area contributed by atoms with Crippen molar-refractivity contribution in [2.45, 2.75) is 6.42 Å². The number of halogens is 3. The first-order valence-electron chi connectivity index (χ1n) is 7.64. The standard InChI is InChI=1S/C18H15Cl2FN4/c19-14-6-5-13(11-15(14)20)24-18-23-10-8-17(25-18)22-9-7-12-3-1-2-4-16(12)21/h1-6,8,10-11H,7,9H2,(H2,22,23,24,25). The molecule has 0 aliphatic heterocycles. The van der Waals surface area contributed by atoms with Crippen molar-refractivity contribution in [1.82, 2.24) is 9.97 Å². The van der Waals surface area contributed by atoms with Crippen LogP contribution < -0.4 is 10.6 Å². The van der Waals surface area contributed by atoms with Crippen molar-refractivity contribution in [2.24, 2.45) is 0 Å². The zero-order valence-corrected chi connectivity index (χ0v) is 14.7. The molecule has 0 aliphatic rings. The van der Waals surface area contributed by atoms with Crippen molar-refractivity contribution in [3.05, 3.63) is 76.2 Å². The van der Waals surface area contributed by atoms with Gasteiger partial charge in [0.2, 0.25) is 5.95 Å². The van der Waals surface area contributed by atoms with Crippen molar-refractivity contribution < 1.29 is 4.39 Å². The normalized spacial score (nSPS) is 10.5. The molecule has 0 bridgehead atoms. The first kappa shape index (κ1) is 17.5. The molecule has 7 heteroatoms. The summed E-state index contributed by atoms with van der Waals surface area (Å²) < 4.78 is 13.6. The van der Waals surface area contributed by atoms with Gasteiger partial charge in [-0.1, -0.05) is 41.4 Å². The molecule has 0 spiro atoms. The maximum absolute atomic E-state index is 13.6. The number of nitrogens with one attached hydrogen (secondary N) is 2. The Hall–Kier alpha value is -2.37. The highest BCUT2D eigenvalue weighted by atomic mass is 35.5. The number of anilines is 3. The van der Waals surface area contributed by atoms with E-state index in [0.717, 1.165) is 5.69 Å². The second-order valence-electron chi connectivity index (χ2n) is 5.29. The lowest BCUT2D eigenvalue weighted by molar-refractivity contribution is 0.610. The average molecular weight is 377 g/mol. The van der Waals surface area contributed by atoms with Crippen LogP contribution in [0.25, 0.3) is 0 Å². The van der Waals surface area contributed by atoms with Gasteiger partial charge in [-0.25, -0.2) is 9.37 Å². The molecular formula is C18H15Cl2FN4.